The summed E-state index contributed by atoms with van der Waals surface area (Å²) < 4.78 is 22.7. The zero-order valence-corrected chi connectivity index (χ0v) is 19.9. The van der Waals surface area contributed by atoms with Gasteiger partial charge in [-0.1, -0.05) is 44.2 Å². The van der Waals surface area contributed by atoms with E-state index in [1.165, 1.54) is 19.2 Å². The van der Waals surface area contributed by atoms with Gasteiger partial charge in [0.15, 0.2) is 17.1 Å². The lowest BCUT2D eigenvalue weighted by molar-refractivity contribution is -0.146. The Hall–Kier alpha value is -4.33. The van der Waals surface area contributed by atoms with Crippen molar-refractivity contribution in [3.8, 4) is 23.0 Å². The molecule has 8 heteroatoms. The number of hydrogen-bond donors (Lipinski definition) is 1. The van der Waals surface area contributed by atoms with E-state index in [9.17, 15) is 19.5 Å². The maximum absolute atomic E-state index is 13.0. The number of phenols is 1. The molecule has 3 unspecified atom stereocenters. The Bertz CT molecular complexity index is 1390. The zero-order chi connectivity index (χ0) is 25.6. The summed E-state index contributed by atoms with van der Waals surface area (Å²) in [6, 6.07) is 16.7. The average Bonchev–Trinajstić information content (AvgIpc) is 3.16. The summed E-state index contributed by atoms with van der Waals surface area (Å²) in [6.45, 7) is 3.35. The number of methoxy groups -OCH3 is 1. The summed E-state index contributed by atoms with van der Waals surface area (Å²) in [5.41, 5.74) is 0.708. The minimum Gasteiger partial charge on any atom is -0.508 e. The maximum atomic E-state index is 13.0. The molecular formula is C28H24O8. The van der Waals surface area contributed by atoms with Gasteiger partial charge in [-0.05, 0) is 30.7 Å². The molecule has 0 aliphatic carbocycles. The van der Waals surface area contributed by atoms with Gasteiger partial charge in [-0.2, -0.15) is 0 Å². The minimum atomic E-state index is -1.35. The number of para-hydroxylation sites is 1. The Morgan fingerprint density at radius 2 is 1.67 bits per heavy atom. The standard InChI is InChI=1S/C28H24O8/c1-15(25(30)33-3)13-16(2)26(31)35-22-10-6-9-21-24(22)34-23-14-17(29)11-12-20(23)28(21)19-8-5-4-7-18(19)27(32)36-28/h4-12,14-16,29H,13H2,1-3H3. The van der Waals surface area contributed by atoms with Crippen molar-refractivity contribution in [3.05, 3.63) is 82.9 Å². The van der Waals surface area contributed by atoms with Crippen molar-refractivity contribution in [2.24, 2.45) is 11.8 Å². The van der Waals surface area contributed by atoms with E-state index in [4.69, 9.17) is 18.9 Å². The van der Waals surface area contributed by atoms with Crippen molar-refractivity contribution in [2.75, 3.05) is 7.11 Å². The molecule has 5 rings (SSSR count). The molecule has 1 N–H and O–H groups in total. The Labute approximate surface area is 207 Å². The molecule has 0 saturated carbocycles. The van der Waals surface area contributed by atoms with E-state index in [1.54, 1.807) is 56.3 Å². The van der Waals surface area contributed by atoms with Crippen molar-refractivity contribution in [1.82, 2.24) is 0 Å². The normalized spacial score (nSPS) is 18.7. The summed E-state index contributed by atoms with van der Waals surface area (Å²) in [4.78, 5) is 37.7. The van der Waals surface area contributed by atoms with E-state index in [2.05, 4.69) is 0 Å². The third-order valence-corrected chi connectivity index (χ3v) is 6.61. The SMILES string of the molecule is COC(=O)C(C)CC(C)C(=O)Oc1cccc2c1Oc1cc(O)ccc1C21OC(=O)c2ccccc21. The van der Waals surface area contributed by atoms with Crippen molar-refractivity contribution < 1.29 is 38.4 Å². The Morgan fingerprint density at radius 3 is 2.44 bits per heavy atom. The van der Waals surface area contributed by atoms with Crippen LogP contribution in [-0.2, 0) is 24.7 Å². The van der Waals surface area contributed by atoms with Crippen LogP contribution < -0.4 is 9.47 Å². The highest BCUT2D eigenvalue weighted by Crippen LogP contribution is 2.58. The number of ether oxygens (including phenoxy) is 4. The molecule has 8 nitrogen and oxygen atoms in total. The number of fused-ring (bicyclic) bond motifs is 6. The van der Waals surface area contributed by atoms with E-state index in [1.807, 2.05) is 6.07 Å². The highest BCUT2D eigenvalue weighted by atomic mass is 16.6. The van der Waals surface area contributed by atoms with Gasteiger partial charge in [-0.15, -0.1) is 0 Å². The first-order chi connectivity index (χ1) is 17.3. The molecule has 3 aromatic rings. The predicted molar refractivity (Wildman–Crippen MR) is 127 cm³/mol. The van der Waals surface area contributed by atoms with Crippen LogP contribution in [0.2, 0.25) is 0 Å². The van der Waals surface area contributed by atoms with E-state index < -0.39 is 35.3 Å². The molecular weight excluding hydrogens is 464 g/mol. The van der Waals surface area contributed by atoms with Gasteiger partial charge in [0, 0.05) is 17.2 Å². The largest absolute Gasteiger partial charge is 0.508 e. The summed E-state index contributed by atoms with van der Waals surface area (Å²) in [6.07, 6.45) is 0.243. The quantitative estimate of drug-likeness (QED) is 0.407. The summed E-state index contributed by atoms with van der Waals surface area (Å²) in [5, 5.41) is 10.1. The molecule has 0 bridgehead atoms. The lowest BCUT2D eigenvalue weighted by Crippen LogP contribution is -2.33. The van der Waals surface area contributed by atoms with E-state index in [0.717, 1.165) is 0 Å². The Morgan fingerprint density at radius 1 is 0.944 bits per heavy atom. The van der Waals surface area contributed by atoms with Crippen LogP contribution >= 0.6 is 0 Å². The van der Waals surface area contributed by atoms with Crippen molar-refractivity contribution in [3.63, 3.8) is 0 Å². The van der Waals surface area contributed by atoms with Crippen LogP contribution in [0.4, 0.5) is 0 Å². The second-order valence-corrected chi connectivity index (χ2v) is 9.01. The molecule has 2 heterocycles. The molecule has 3 aromatic carbocycles. The summed E-state index contributed by atoms with van der Waals surface area (Å²) >= 11 is 0. The number of carbonyl (C=O) groups is 3. The molecule has 3 atom stereocenters. The number of hydrogen-bond acceptors (Lipinski definition) is 8. The summed E-state index contributed by atoms with van der Waals surface area (Å²) in [5.74, 6) is -1.99. The first-order valence-electron chi connectivity index (χ1n) is 11.5. The van der Waals surface area contributed by atoms with E-state index in [-0.39, 0.29) is 29.4 Å². The molecule has 0 fully saturated rings. The summed E-state index contributed by atoms with van der Waals surface area (Å²) in [7, 11) is 1.30. The van der Waals surface area contributed by atoms with Crippen molar-refractivity contribution in [1.29, 1.82) is 0 Å². The molecule has 0 aromatic heterocycles. The topological polar surface area (TPSA) is 108 Å². The molecule has 1 spiro atoms. The first-order valence-corrected chi connectivity index (χ1v) is 11.5. The molecule has 184 valence electrons. The average molecular weight is 488 g/mol. The second-order valence-electron chi connectivity index (χ2n) is 9.01. The lowest BCUT2D eigenvalue weighted by Gasteiger charge is -2.37. The minimum absolute atomic E-state index is 0.0372. The van der Waals surface area contributed by atoms with Crippen LogP contribution in [0.3, 0.4) is 0 Å². The smallest absolute Gasteiger partial charge is 0.340 e. The van der Waals surface area contributed by atoms with Gasteiger partial charge >= 0.3 is 17.9 Å². The first kappa shape index (κ1) is 23.4. The van der Waals surface area contributed by atoms with Crippen LogP contribution in [0.5, 0.6) is 23.0 Å². The van der Waals surface area contributed by atoms with Gasteiger partial charge in [0.1, 0.15) is 11.5 Å². The Kier molecular flexibility index (Phi) is 5.67. The van der Waals surface area contributed by atoms with Gasteiger partial charge in [-0.25, -0.2) is 4.79 Å². The van der Waals surface area contributed by atoms with E-state index in [0.29, 0.717) is 22.3 Å². The van der Waals surface area contributed by atoms with Gasteiger partial charge in [0.25, 0.3) is 0 Å². The monoisotopic (exact) mass is 488 g/mol. The zero-order valence-electron chi connectivity index (χ0n) is 19.9. The third-order valence-electron chi connectivity index (χ3n) is 6.61. The number of aromatic hydroxyl groups is 1. The lowest BCUT2D eigenvalue weighted by atomic mass is 9.77. The van der Waals surface area contributed by atoms with E-state index >= 15 is 0 Å². The number of benzene rings is 3. The van der Waals surface area contributed by atoms with Crippen LogP contribution in [0.25, 0.3) is 0 Å². The van der Waals surface area contributed by atoms with Crippen molar-refractivity contribution >= 4 is 17.9 Å². The maximum Gasteiger partial charge on any atom is 0.340 e. The number of carbonyl (C=O) groups excluding carboxylic acids is 3. The van der Waals surface area contributed by atoms with Crippen molar-refractivity contribution in [2.45, 2.75) is 25.9 Å². The predicted octanol–water partition coefficient (Wildman–Crippen LogP) is 4.70. The highest BCUT2D eigenvalue weighted by Gasteiger charge is 2.54. The second kappa shape index (κ2) is 8.71. The van der Waals surface area contributed by atoms with Crippen LogP contribution in [0.1, 0.15) is 47.3 Å². The Balaban J connectivity index is 1.59. The van der Waals surface area contributed by atoms with Gasteiger partial charge < -0.3 is 24.1 Å². The third kappa shape index (κ3) is 3.57. The number of esters is 3. The van der Waals surface area contributed by atoms with Crippen LogP contribution in [-0.4, -0.2) is 30.1 Å². The van der Waals surface area contributed by atoms with Gasteiger partial charge in [-0.3, -0.25) is 9.59 Å². The molecule has 0 amide bonds. The fourth-order valence-electron chi connectivity index (χ4n) is 4.87. The number of rotatable bonds is 5. The molecule has 36 heavy (non-hydrogen) atoms. The van der Waals surface area contributed by atoms with Crippen LogP contribution in [0, 0.1) is 11.8 Å². The molecule has 2 aliphatic heterocycles. The van der Waals surface area contributed by atoms with Gasteiger partial charge in [0.2, 0.25) is 0 Å². The fraction of sp³-hybridized carbons (Fsp3) is 0.250. The highest BCUT2D eigenvalue weighted by molar-refractivity contribution is 5.97. The molecule has 0 saturated heterocycles. The van der Waals surface area contributed by atoms with Gasteiger partial charge in [0.05, 0.1) is 30.1 Å². The fourth-order valence-corrected chi connectivity index (χ4v) is 4.87. The number of phenolic OH excluding ortho intramolecular Hbond substituents is 1. The van der Waals surface area contributed by atoms with Crippen LogP contribution in [0.15, 0.2) is 60.7 Å². The molecule has 0 radical (unpaired) electrons. The molecule has 2 aliphatic rings.